The van der Waals surface area contributed by atoms with E-state index in [2.05, 4.69) is 31.4 Å². The monoisotopic (exact) mass is 252 g/mol. The maximum absolute atomic E-state index is 3.92. The predicted octanol–water partition coefficient (Wildman–Crippen LogP) is 3.32. The van der Waals surface area contributed by atoms with Crippen LogP contribution in [0.3, 0.4) is 0 Å². The van der Waals surface area contributed by atoms with Crippen LogP contribution >= 0.6 is 0 Å². The molecule has 1 heterocycles. The highest BCUT2D eigenvalue weighted by Crippen LogP contribution is 2.32. The minimum absolute atomic E-state index is 0.694. The second-order valence-electron chi connectivity index (χ2n) is 6.94. The van der Waals surface area contributed by atoms with Crippen LogP contribution in [0, 0.1) is 11.8 Å². The Morgan fingerprint density at radius 2 is 1.89 bits per heavy atom. The first-order chi connectivity index (χ1) is 8.66. The summed E-state index contributed by atoms with van der Waals surface area (Å²) in [4.78, 5) is 0. The van der Waals surface area contributed by atoms with Gasteiger partial charge < -0.3 is 10.6 Å². The summed E-state index contributed by atoms with van der Waals surface area (Å²) in [6.07, 6.45) is 9.74. The van der Waals surface area contributed by atoms with Crippen LogP contribution in [0.15, 0.2) is 0 Å². The van der Waals surface area contributed by atoms with Gasteiger partial charge in [0, 0.05) is 18.1 Å². The van der Waals surface area contributed by atoms with Crippen molar-refractivity contribution in [2.45, 2.75) is 83.8 Å². The minimum atomic E-state index is 0.694. The first-order valence-corrected chi connectivity index (χ1v) is 8.16. The summed E-state index contributed by atoms with van der Waals surface area (Å²) >= 11 is 0. The summed E-state index contributed by atoms with van der Waals surface area (Å²) in [5.74, 6) is 1.74. The molecular formula is C16H32N2. The molecule has 0 aromatic rings. The van der Waals surface area contributed by atoms with E-state index in [4.69, 9.17) is 0 Å². The first kappa shape index (κ1) is 14.3. The molecule has 1 saturated carbocycles. The molecule has 2 heteroatoms. The van der Waals surface area contributed by atoms with E-state index in [0.29, 0.717) is 6.04 Å². The van der Waals surface area contributed by atoms with Crippen LogP contribution < -0.4 is 10.6 Å². The summed E-state index contributed by atoms with van der Waals surface area (Å²) in [6, 6.07) is 2.28. The fourth-order valence-corrected chi connectivity index (χ4v) is 3.79. The fraction of sp³-hybridized carbons (Fsp3) is 1.00. The second-order valence-corrected chi connectivity index (χ2v) is 6.94. The van der Waals surface area contributed by atoms with Crippen molar-refractivity contribution in [3.8, 4) is 0 Å². The van der Waals surface area contributed by atoms with Gasteiger partial charge in [0.2, 0.25) is 0 Å². The molecule has 0 aromatic carbocycles. The van der Waals surface area contributed by atoms with E-state index in [1.807, 2.05) is 0 Å². The molecule has 4 unspecified atom stereocenters. The molecule has 2 N–H and O–H groups in total. The maximum Gasteiger partial charge on any atom is 0.0113 e. The van der Waals surface area contributed by atoms with E-state index in [-0.39, 0.29) is 0 Å². The average molecular weight is 252 g/mol. The molecule has 0 radical (unpaired) electrons. The van der Waals surface area contributed by atoms with Crippen LogP contribution in [-0.4, -0.2) is 24.7 Å². The van der Waals surface area contributed by atoms with Crippen molar-refractivity contribution in [3.63, 3.8) is 0 Å². The van der Waals surface area contributed by atoms with Gasteiger partial charge in [-0.3, -0.25) is 0 Å². The Hall–Kier alpha value is -0.0800. The molecule has 0 aromatic heterocycles. The highest BCUT2D eigenvalue weighted by atomic mass is 15.0. The Labute approximate surface area is 113 Å². The quantitative estimate of drug-likeness (QED) is 0.758. The average Bonchev–Trinajstić information content (AvgIpc) is 2.95. The highest BCUT2D eigenvalue weighted by Gasteiger charge is 2.35. The van der Waals surface area contributed by atoms with Gasteiger partial charge in [-0.2, -0.15) is 0 Å². The lowest BCUT2D eigenvalue weighted by molar-refractivity contribution is 0.292. The molecule has 0 bridgehead atoms. The molecule has 2 nitrogen and oxygen atoms in total. The van der Waals surface area contributed by atoms with Gasteiger partial charge in [-0.25, -0.2) is 0 Å². The number of hydrogen-bond acceptors (Lipinski definition) is 2. The summed E-state index contributed by atoms with van der Waals surface area (Å²) in [5, 5.41) is 7.63. The zero-order chi connectivity index (χ0) is 13.0. The van der Waals surface area contributed by atoms with Gasteiger partial charge in [0.05, 0.1) is 0 Å². The van der Waals surface area contributed by atoms with Crippen LogP contribution in [0.4, 0.5) is 0 Å². The van der Waals surface area contributed by atoms with Gasteiger partial charge in [0.1, 0.15) is 0 Å². The standard InChI is InChI=1S/C16H32N2/c1-12(2)9-10-13(3)18-16-7-4-6-14(16)15-8-5-11-17-15/h12-18H,4-11H2,1-3H3. The van der Waals surface area contributed by atoms with Gasteiger partial charge in [-0.05, 0) is 63.8 Å². The smallest absolute Gasteiger partial charge is 0.0113 e. The van der Waals surface area contributed by atoms with Crippen molar-refractivity contribution in [2.75, 3.05) is 6.54 Å². The summed E-state index contributed by atoms with van der Waals surface area (Å²) in [5.41, 5.74) is 0. The van der Waals surface area contributed by atoms with Gasteiger partial charge in [0.15, 0.2) is 0 Å². The Morgan fingerprint density at radius 3 is 2.56 bits per heavy atom. The molecule has 1 aliphatic carbocycles. The lowest BCUT2D eigenvalue weighted by Gasteiger charge is -2.29. The third-order valence-corrected chi connectivity index (χ3v) is 4.86. The van der Waals surface area contributed by atoms with Crippen LogP contribution in [0.1, 0.15) is 65.7 Å². The maximum atomic E-state index is 3.92. The Kier molecular flexibility index (Phi) is 5.50. The molecule has 1 aliphatic heterocycles. The lowest BCUT2D eigenvalue weighted by atomic mass is 9.92. The summed E-state index contributed by atoms with van der Waals surface area (Å²) in [7, 11) is 0. The second kappa shape index (κ2) is 6.91. The Morgan fingerprint density at radius 1 is 1.06 bits per heavy atom. The third kappa shape index (κ3) is 3.96. The number of nitrogens with one attached hydrogen (secondary N) is 2. The Bertz CT molecular complexity index is 233. The van der Waals surface area contributed by atoms with Gasteiger partial charge in [0.25, 0.3) is 0 Å². The molecular weight excluding hydrogens is 220 g/mol. The molecule has 1 saturated heterocycles. The molecule has 2 aliphatic rings. The molecule has 4 atom stereocenters. The number of hydrogen-bond donors (Lipinski definition) is 2. The van der Waals surface area contributed by atoms with E-state index < -0.39 is 0 Å². The molecule has 106 valence electrons. The normalized spacial score (nSPS) is 34.3. The van der Waals surface area contributed by atoms with E-state index in [0.717, 1.165) is 23.9 Å². The third-order valence-electron chi connectivity index (χ3n) is 4.86. The summed E-state index contributed by atoms with van der Waals surface area (Å²) in [6.45, 7) is 8.28. The molecule has 0 amide bonds. The van der Waals surface area contributed by atoms with Crippen molar-refractivity contribution in [1.82, 2.24) is 10.6 Å². The van der Waals surface area contributed by atoms with Crippen LogP contribution in [0.25, 0.3) is 0 Å². The van der Waals surface area contributed by atoms with E-state index in [9.17, 15) is 0 Å². The fourth-order valence-electron chi connectivity index (χ4n) is 3.79. The van der Waals surface area contributed by atoms with Crippen LogP contribution in [0.2, 0.25) is 0 Å². The topological polar surface area (TPSA) is 24.1 Å². The molecule has 18 heavy (non-hydrogen) atoms. The Balaban J connectivity index is 1.76. The van der Waals surface area contributed by atoms with Crippen molar-refractivity contribution < 1.29 is 0 Å². The van der Waals surface area contributed by atoms with E-state index in [1.165, 1.54) is 51.5 Å². The largest absolute Gasteiger partial charge is 0.314 e. The molecule has 2 rings (SSSR count). The van der Waals surface area contributed by atoms with Crippen LogP contribution in [-0.2, 0) is 0 Å². The zero-order valence-electron chi connectivity index (χ0n) is 12.5. The molecule has 0 spiro atoms. The zero-order valence-corrected chi connectivity index (χ0v) is 12.5. The lowest BCUT2D eigenvalue weighted by Crippen LogP contribution is -2.45. The van der Waals surface area contributed by atoms with Crippen molar-refractivity contribution in [2.24, 2.45) is 11.8 Å². The summed E-state index contributed by atoms with van der Waals surface area (Å²) < 4.78 is 0. The van der Waals surface area contributed by atoms with Crippen molar-refractivity contribution in [1.29, 1.82) is 0 Å². The van der Waals surface area contributed by atoms with Crippen LogP contribution in [0.5, 0.6) is 0 Å². The number of rotatable bonds is 6. The van der Waals surface area contributed by atoms with Gasteiger partial charge >= 0.3 is 0 Å². The molecule has 2 fully saturated rings. The van der Waals surface area contributed by atoms with Gasteiger partial charge in [-0.1, -0.05) is 20.3 Å². The van der Waals surface area contributed by atoms with E-state index in [1.54, 1.807) is 0 Å². The first-order valence-electron chi connectivity index (χ1n) is 8.16. The SMILES string of the molecule is CC(C)CCC(C)NC1CCCC1C1CCCN1. The van der Waals surface area contributed by atoms with Gasteiger partial charge in [-0.15, -0.1) is 0 Å². The predicted molar refractivity (Wildman–Crippen MR) is 78.8 cm³/mol. The van der Waals surface area contributed by atoms with Crippen molar-refractivity contribution >= 4 is 0 Å². The van der Waals surface area contributed by atoms with Crippen molar-refractivity contribution in [3.05, 3.63) is 0 Å². The highest BCUT2D eigenvalue weighted by molar-refractivity contribution is 4.93. The minimum Gasteiger partial charge on any atom is -0.314 e. The van der Waals surface area contributed by atoms with E-state index >= 15 is 0 Å².